The van der Waals surface area contributed by atoms with E-state index >= 15 is 0 Å². The molecule has 1 aliphatic rings. The second-order valence-corrected chi connectivity index (χ2v) is 4.76. The number of amides is 1. The Morgan fingerprint density at radius 1 is 1.53 bits per heavy atom. The van der Waals surface area contributed by atoms with E-state index in [1.165, 1.54) is 0 Å². The summed E-state index contributed by atoms with van der Waals surface area (Å²) < 4.78 is 6.04. The third kappa shape index (κ3) is 2.49. The first kappa shape index (κ1) is 12.1. The van der Waals surface area contributed by atoms with Crippen molar-refractivity contribution in [1.82, 2.24) is 0 Å². The van der Waals surface area contributed by atoms with Crippen LogP contribution >= 0.6 is 15.9 Å². The van der Waals surface area contributed by atoms with E-state index in [1.54, 1.807) is 12.1 Å². The van der Waals surface area contributed by atoms with E-state index in [-0.39, 0.29) is 11.9 Å². The fraction of sp³-hybridized carbons (Fsp3) is 0.333. The molecular formula is C12H12BrNO3. The number of anilines is 1. The molecule has 1 heterocycles. The number of carbonyl (C=O) groups excluding carboxylic acids is 2. The maximum Gasteiger partial charge on any atom is 0.306 e. The molecule has 1 atom stereocenters. The first-order valence-corrected chi connectivity index (χ1v) is 6.21. The fourth-order valence-corrected chi connectivity index (χ4v) is 2.08. The van der Waals surface area contributed by atoms with Gasteiger partial charge in [0.15, 0.2) is 0 Å². The van der Waals surface area contributed by atoms with Crippen LogP contribution in [0.1, 0.15) is 31.4 Å². The second kappa shape index (κ2) is 4.87. The predicted molar refractivity (Wildman–Crippen MR) is 66.5 cm³/mol. The van der Waals surface area contributed by atoms with Crippen molar-refractivity contribution in [2.75, 3.05) is 5.32 Å². The Labute approximate surface area is 107 Å². The van der Waals surface area contributed by atoms with Gasteiger partial charge in [-0.25, -0.2) is 0 Å². The number of ether oxygens (including phenoxy) is 1. The third-order valence-corrected chi connectivity index (χ3v) is 2.99. The van der Waals surface area contributed by atoms with Gasteiger partial charge in [0.1, 0.15) is 0 Å². The van der Waals surface area contributed by atoms with Crippen LogP contribution in [0.25, 0.3) is 0 Å². The van der Waals surface area contributed by atoms with Crippen molar-refractivity contribution in [3.63, 3.8) is 0 Å². The van der Waals surface area contributed by atoms with Gasteiger partial charge in [-0.2, -0.15) is 0 Å². The van der Waals surface area contributed by atoms with E-state index in [2.05, 4.69) is 21.2 Å². The Balaban J connectivity index is 2.20. The van der Waals surface area contributed by atoms with Gasteiger partial charge in [-0.15, -0.1) is 0 Å². The zero-order chi connectivity index (χ0) is 12.4. The van der Waals surface area contributed by atoms with Crippen LogP contribution in [0.5, 0.6) is 0 Å². The summed E-state index contributed by atoms with van der Waals surface area (Å²) in [6.45, 7) is 1.89. The largest absolute Gasteiger partial charge is 0.447 e. The Kier molecular flexibility index (Phi) is 3.47. The van der Waals surface area contributed by atoms with Crippen molar-refractivity contribution in [2.24, 2.45) is 0 Å². The Morgan fingerprint density at radius 2 is 2.29 bits per heavy atom. The zero-order valence-corrected chi connectivity index (χ0v) is 10.9. The van der Waals surface area contributed by atoms with Crippen molar-refractivity contribution in [1.29, 1.82) is 0 Å². The van der Waals surface area contributed by atoms with E-state index in [4.69, 9.17) is 4.74 Å². The fourth-order valence-electron chi connectivity index (χ4n) is 1.72. The molecule has 90 valence electrons. The van der Waals surface area contributed by atoms with Crippen LogP contribution in [0.2, 0.25) is 0 Å². The molecule has 0 aromatic heterocycles. The molecule has 0 saturated carbocycles. The number of rotatable bonds is 3. The van der Waals surface area contributed by atoms with Crippen molar-refractivity contribution >= 4 is 33.5 Å². The van der Waals surface area contributed by atoms with Crippen LogP contribution in [0.3, 0.4) is 0 Å². The molecule has 0 saturated heterocycles. The summed E-state index contributed by atoms with van der Waals surface area (Å²) in [4.78, 5) is 23.1. The minimum absolute atomic E-state index is 0.289. The zero-order valence-electron chi connectivity index (χ0n) is 9.33. The highest BCUT2D eigenvalue weighted by Crippen LogP contribution is 2.35. The normalized spacial score (nSPS) is 17.5. The molecule has 5 heteroatoms. The van der Waals surface area contributed by atoms with Gasteiger partial charge < -0.3 is 10.1 Å². The molecule has 0 aliphatic carbocycles. The van der Waals surface area contributed by atoms with Crippen LogP contribution in [0.15, 0.2) is 22.7 Å². The molecule has 1 N–H and O–H groups in total. The SMILES string of the molecule is CCCC(=O)O[C@H]1C(=O)Nc2cc(Br)ccc21. The number of nitrogens with one attached hydrogen (secondary N) is 1. The molecule has 17 heavy (non-hydrogen) atoms. The van der Waals surface area contributed by atoms with Gasteiger partial charge in [0, 0.05) is 22.1 Å². The van der Waals surface area contributed by atoms with Crippen molar-refractivity contribution in [3.05, 3.63) is 28.2 Å². The van der Waals surface area contributed by atoms with E-state index in [9.17, 15) is 9.59 Å². The lowest BCUT2D eigenvalue weighted by Crippen LogP contribution is -2.18. The highest BCUT2D eigenvalue weighted by atomic mass is 79.9. The van der Waals surface area contributed by atoms with Crippen molar-refractivity contribution in [3.8, 4) is 0 Å². The first-order chi connectivity index (χ1) is 8.11. The molecule has 2 rings (SSSR count). The minimum atomic E-state index is -0.808. The van der Waals surface area contributed by atoms with E-state index in [1.807, 2.05) is 13.0 Å². The maximum absolute atomic E-state index is 11.7. The number of hydrogen-bond acceptors (Lipinski definition) is 3. The number of halogens is 1. The highest BCUT2D eigenvalue weighted by molar-refractivity contribution is 9.10. The molecule has 1 aliphatic heterocycles. The smallest absolute Gasteiger partial charge is 0.306 e. The van der Waals surface area contributed by atoms with E-state index < -0.39 is 6.10 Å². The van der Waals surface area contributed by atoms with Gasteiger partial charge in [0.25, 0.3) is 5.91 Å². The number of hydrogen-bond donors (Lipinski definition) is 1. The van der Waals surface area contributed by atoms with Crippen molar-refractivity contribution in [2.45, 2.75) is 25.9 Å². The summed E-state index contributed by atoms with van der Waals surface area (Å²) in [5, 5.41) is 2.69. The summed E-state index contributed by atoms with van der Waals surface area (Å²) in [6, 6.07) is 5.39. The molecule has 1 aromatic rings. The van der Waals surface area contributed by atoms with E-state index in [0.29, 0.717) is 24.1 Å². The van der Waals surface area contributed by atoms with Crippen LogP contribution in [0, 0.1) is 0 Å². The summed E-state index contributed by atoms with van der Waals surface area (Å²) >= 11 is 3.32. The van der Waals surface area contributed by atoms with E-state index in [0.717, 1.165) is 4.47 Å². The molecule has 0 radical (unpaired) electrons. The van der Waals surface area contributed by atoms with Gasteiger partial charge in [-0.05, 0) is 18.6 Å². The number of esters is 1. The molecule has 0 unspecified atom stereocenters. The number of fused-ring (bicyclic) bond motifs is 1. The van der Waals surface area contributed by atoms with Gasteiger partial charge in [0.05, 0.1) is 0 Å². The lowest BCUT2D eigenvalue weighted by molar-refractivity contribution is -0.154. The Morgan fingerprint density at radius 3 is 3.00 bits per heavy atom. The van der Waals surface area contributed by atoms with Crippen LogP contribution in [0.4, 0.5) is 5.69 Å². The molecule has 4 nitrogen and oxygen atoms in total. The third-order valence-electron chi connectivity index (χ3n) is 2.50. The molecule has 0 fully saturated rings. The monoisotopic (exact) mass is 297 g/mol. The van der Waals surface area contributed by atoms with Crippen molar-refractivity contribution < 1.29 is 14.3 Å². The van der Waals surface area contributed by atoms with Gasteiger partial charge in [-0.1, -0.05) is 28.9 Å². The lowest BCUT2D eigenvalue weighted by atomic mass is 10.1. The lowest BCUT2D eigenvalue weighted by Gasteiger charge is -2.10. The van der Waals surface area contributed by atoms with Gasteiger partial charge in [-0.3, -0.25) is 9.59 Å². The van der Waals surface area contributed by atoms with Gasteiger partial charge >= 0.3 is 5.97 Å². The molecule has 1 aromatic carbocycles. The average molecular weight is 298 g/mol. The predicted octanol–water partition coefficient (Wildman–Crippen LogP) is 2.79. The molecular weight excluding hydrogens is 286 g/mol. The summed E-state index contributed by atoms with van der Waals surface area (Å²) in [6.07, 6.45) is 0.230. The first-order valence-electron chi connectivity index (χ1n) is 5.41. The minimum Gasteiger partial charge on any atom is -0.447 e. The summed E-state index contributed by atoms with van der Waals surface area (Å²) in [5.41, 5.74) is 1.40. The number of carbonyl (C=O) groups is 2. The molecule has 0 spiro atoms. The van der Waals surface area contributed by atoms with Crippen LogP contribution < -0.4 is 5.32 Å². The molecule has 0 bridgehead atoms. The maximum atomic E-state index is 11.7. The van der Waals surface area contributed by atoms with Crippen LogP contribution in [-0.4, -0.2) is 11.9 Å². The summed E-state index contributed by atoms with van der Waals surface area (Å²) in [5.74, 6) is -0.633. The standard InChI is InChI=1S/C12H12BrNO3/c1-2-3-10(15)17-11-8-5-4-7(13)6-9(8)14-12(11)16/h4-6,11H,2-3H2,1H3,(H,14,16)/t11-/m1/s1. The second-order valence-electron chi connectivity index (χ2n) is 3.84. The molecule has 1 amide bonds. The number of benzene rings is 1. The topological polar surface area (TPSA) is 55.4 Å². The quantitative estimate of drug-likeness (QED) is 0.873. The van der Waals surface area contributed by atoms with Crippen LogP contribution in [-0.2, 0) is 14.3 Å². The summed E-state index contributed by atoms with van der Waals surface area (Å²) in [7, 11) is 0. The van der Waals surface area contributed by atoms with Gasteiger partial charge in [0.2, 0.25) is 6.10 Å². The highest BCUT2D eigenvalue weighted by Gasteiger charge is 2.33. The Hall–Kier alpha value is -1.36. The average Bonchev–Trinajstić information content (AvgIpc) is 2.55. The Bertz CT molecular complexity index is 473.